The van der Waals surface area contributed by atoms with Gasteiger partial charge in [0, 0.05) is 16.7 Å². The molecule has 0 aliphatic heterocycles. The number of para-hydroxylation sites is 1. The third kappa shape index (κ3) is 3.54. The highest BCUT2D eigenvalue weighted by Crippen LogP contribution is 2.22. The molecule has 18 heavy (non-hydrogen) atoms. The first-order valence-electron chi connectivity index (χ1n) is 5.23. The third-order valence-corrected chi connectivity index (χ3v) is 3.29. The number of ether oxygens (including phenoxy) is 1. The van der Waals surface area contributed by atoms with Crippen LogP contribution in [0.5, 0.6) is 0 Å². The van der Waals surface area contributed by atoms with E-state index in [4.69, 9.17) is 16.3 Å². The number of anilines is 2. The van der Waals surface area contributed by atoms with Gasteiger partial charge in [0.2, 0.25) is 0 Å². The molecule has 0 bridgehead atoms. The van der Waals surface area contributed by atoms with Gasteiger partial charge in [-0.2, -0.15) is 0 Å². The molecule has 1 aromatic carbocycles. The van der Waals surface area contributed by atoms with Crippen molar-refractivity contribution in [2.24, 2.45) is 0 Å². The van der Waals surface area contributed by atoms with Gasteiger partial charge in [-0.3, -0.25) is 0 Å². The molecular weight excluding hydrogens is 365 g/mol. The van der Waals surface area contributed by atoms with Crippen molar-refractivity contribution in [1.29, 1.82) is 0 Å². The number of benzene rings is 1. The van der Waals surface area contributed by atoms with Crippen molar-refractivity contribution in [3.8, 4) is 0 Å². The lowest BCUT2D eigenvalue weighted by Crippen LogP contribution is -2.02. The number of nitrogens with zero attached hydrogens (tertiary/aromatic N) is 2. The van der Waals surface area contributed by atoms with Gasteiger partial charge in [-0.25, -0.2) is 9.97 Å². The number of hydrogen-bond acceptors (Lipinski definition) is 4. The van der Waals surface area contributed by atoms with E-state index in [1.165, 1.54) is 0 Å². The smallest absolute Gasteiger partial charge is 0.158 e. The van der Waals surface area contributed by atoms with Crippen LogP contribution in [-0.4, -0.2) is 17.1 Å². The first-order chi connectivity index (χ1) is 8.69. The van der Waals surface area contributed by atoms with Crippen LogP contribution in [0.2, 0.25) is 5.15 Å². The van der Waals surface area contributed by atoms with Gasteiger partial charge in [-0.15, -0.1) is 0 Å². The summed E-state index contributed by atoms with van der Waals surface area (Å²) >= 11 is 8.20. The van der Waals surface area contributed by atoms with Crippen LogP contribution in [0.15, 0.2) is 30.3 Å². The van der Waals surface area contributed by atoms with Crippen LogP contribution >= 0.6 is 34.2 Å². The van der Waals surface area contributed by atoms with E-state index in [0.29, 0.717) is 23.4 Å². The summed E-state index contributed by atoms with van der Waals surface area (Å²) in [5.74, 6) is 1.21. The third-order valence-electron chi connectivity index (χ3n) is 2.15. The lowest BCUT2D eigenvalue weighted by Gasteiger charge is -2.09. The maximum absolute atomic E-state index is 5.94. The molecule has 94 valence electrons. The Bertz CT molecular complexity index is 551. The Morgan fingerprint density at radius 2 is 2.11 bits per heavy atom. The Hall–Kier alpha value is -0.920. The Balaban J connectivity index is 2.26. The number of methoxy groups -OCH3 is 1. The molecule has 1 aromatic heterocycles. The van der Waals surface area contributed by atoms with E-state index in [1.807, 2.05) is 24.3 Å². The van der Waals surface area contributed by atoms with Gasteiger partial charge in [-0.1, -0.05) is 23.7 Å². The number of rotatable bonds is 4. The van der Waals surface area contributed by atoms with Gasteiger partial charge in [0.1, 0.15) is 17.6 Å². The topological polar surface area (TPSA) is 47.0 Å². The standard InChI is InChI=1S/C12H11ClIN3O/c1-18-7-12-16-10(13)6-11(17-12)15-9-5-3-2-4-8(9)14/h2-6H,7H2,1H3,(H,15,16,17). The minimum atomic E-state index is 0.334. The average molecular weight is 376 g/mol. The lowest BCUT2D eigenvalue weighted by atomic mass is 10.3. The molecule has 0 spiro atoms. The fraction of sp³-hybridized carbons (Fsp3) is 0.167. The van der Waals surface area contributed by atoms with E-state index in [0.717, 1.165) is 9.26 Å². The Morgan fingerprint density at radius 1 is 1.33 bits per heavy atom. The summed E-state index contributed by atoms with van der Waals surface area (Å²) in [7, 11) is 1.59. The van der Waals surface area contributed by atoms with Gasteiger partial charge >= 0.3 is 0 Å². The summed E-state index contributed by atoms with van der Waals surface area (Å²) < 4.78 is 6.11. The molecule has 0 atom stereocenters. The first-order valence-corrected chi connectivity index (χ1v) is 6.68. The molecule has 1 N–H and O–H groups in total. The second-order valence-corrected chi connectivity index (χ2v) is 5.08. The molecule has 0 amide bonds. The monoisotopic (exact) mass is 375 g/mol. The zero-order valence-corrected chi connectivity index (χ0v) is 12.6. The second-order valence-electron chi connectivity index (χ2n) is 3.53. The summed E-state index contributed by atoms with van der Waals surface area (Å²) in [5, 5.41) is 3.61. The predicted molar refractivity (Wildman–Crippen MR) is 80.2 cm³/mol. The SMILES string of the molecule is COCc1nc(Cl)cc(Nc2ccccc2I)n1. The Kier molecular flexibility index (Phi) is 4.73. The highest BCUT2D eigenvalue weighted by molar-refractivity contribution is 14.1. The summed E-state index contributed by atoms with van der Waals surface area (Å²) in [6, 6.07) is 9.62. The van der Waals surface area contributed by atoms with Crippen molar-refractivity contribution in [2.45, 2.75) is 6.61 Å². The van der Waals surface area contributed by atoms with Crippen LogP contribution in [0.4, 0.5) is 11.5 Å². The summed E-state index contributed by atoms with van der Waals surface area (Å²) in [6.45, 7) is 0.334. The number of nitrogens with one attached hydrogen (secondary N) is 1. The van der Waals surface area contributed by atoms with E-state index in [9.17, 15) is 0 Å². The molecular formula is C12H11ClIN3O. The normalized spacial score (nSPS) is 10.4. The predicted octanol–water partition coefficient (Wildman–Crippen LogP) is 3.62. The van der Waals surface area contributed by atoms with Crippen LogP contribution in [0.1, 0.15) is 5.82 Å². The molecule has 2 aromatic rings. The zero-order chi connectivity index (χ0) is 13.0. The van der Waals surface area contributed by atoms with Crippen molar-refractivity contribution in [1.82, 2.24) is 9.97 Å². The largest absolute Gasteiger partial charge is 0.377 e. The highest BCUT2D eigenvalue weighted by atomic mass is 127. The van der Waals surface area contributed by atoms with E-state index in [-0.39, 0.29) is 0 Å². The van der Waals surface area contributed by atoms with E-state index >= 15 is 0 Å². The average Bonchev–Trinajstić information content (AvgIpc) is 2.32. The van der Waals surface area contributed by atoms with Crippen LogP contribution in [0.25, 0.3) is 0 Å². The van der Waals surface area contributed by atoms with Crippen LogP contribution < -0.4 is 5.32 Å². The van der Waals surface area contributed by atoms with Gasteiger partial charge in [0.15, 0.2) is 5.82 Å². The quantitative estimate of drug-likeness (QED) is 0.655. The first kappa shape index (κ1) is 13.5. The molecule has 0 fully saturated rings. The fourth-order valence-electron chi connectivity index (χ4n) is 1.42. The zero-order valence-electron chi connectivity index (χ0n) is 9.65. The molecule has 0 unspecified atom stereocenters. The maximum Gasteiger partial charge on any atom is 0.158 e. The molecule has 1 heterocycles. The fourth-order valence-corrected chi connectivity index (χ4v) is 2.15. The Labute approximate surface area is 124 Å². The van der Waals surface area contributed by atoms with Gasteiger partial charge in [-0.05, 0) is 34.7 Å². The van der Waals surface area contributed by atoms with E-state index in [1.54, 1.807) is 13.2 Å². The lowest BCUT2D eigenvalue weighted by molar-refractivity contribution is 0.178. The molecule has 2 rings (SSSR count). The molecule has 6 heteroatoms. The Morgan fingerprint density at radius 3 is 2.83 bits per heavy atom. The molecule has 0 aliphatic carbocycles. The van der Waals surface area contributed by atoms with Crippen LogP contribution in [-0.2, 0) is 11.3 Å². The second kappa shape index (κ2) is 6.31. The number of hydrogen-bond donors (Lipinski definition) is 1. The summed E-state index contributed by atoms with van der Waals surface area (Å²) in [4.78, 5) is 8.40. The van der Waals surface area contributed by atoms with Gasteiger partial charge in [0.05, 0.1) is 5.69 Å². The van der Waals surface area contributed by atoms with Crippen LogP contribution in [0.3, 0.4) is 0 Å². The van der Waals surface area contributed by atoms with Crippen molar-refractivity contribution in [2.75, 3.05) is 12.4 Å². The molecule has 0 radical (unpaired) electrons. The summed E-state index contributed by atoms with van der Waals surface area (Å²) in [6.07, 6.45) is 0. The van der Waals surface area contributed by atoms with Crippen molar-refractivity contribution in [3.63, 3.8) is 0 Å². The van der Waals surface area contributed by atoms with Crippen molar-refractivity contribution >= 4 is 45.7 Å². The van der Waals surface area contributed by atoms with Crippen molar-refractivity contribution < 1.29 is 4.74 Å². The minimum Gasteiger partial charge on any atom is -0.377 e. The maximum atomic E-state index is 5.94. The summed E-state index contributed by atoms with van der Waals surface area (Å²) in [5.41, 5.74) is 0.983. The molecule has 0 saturated heterocycles. The molecule has 0 saturated carbocycles. The molecule has 0 aliphatic rings. The number of aromatic nitrogens is 2. The highest BCUT2D eigenvalue weighted by Gasteiger charge is 2.05. The minimum absolute atomic E-state index is 0.334. The van der Waals surface area contributed by atoms with Gasteiger partial charge in [0.25, 0.3) is 0 Å². The number of halogens is 2. The van der Waals surface area contributed by atoms with E-state index in [2.05, 4.69) is 37.9 Å². The molecule has 4 nitrogen and oxygen atoms in total. The van der Waals surface area contributed by atoms with Gasteiger partial charge < -0.3 is 10.1 Å². The van der Waals surface area contributed by atoms with E-state index < -0.39 is 0 Å². The van der Waals surface area contributed by atoms with Crippen LogP contribution in [0, 0.1) is 3.57 Å². The van der Waals surface area contributed by atoms with Crippen molar-refractivity contribution in [3.05, 3.63) is 44.9 Å².